The van der Waals surface area contributed by atoms with Crippen LogP contribution in [0.1, 0.15) is 30.9 Å². The van der Waals surface area contributed by atoms with Crippen LogP contribution >= 0.6 is 0 Å². The summed E-state index contributed by atoms with van der Waals surface area (Å²) in [6.45, 7) is 3.66. The Labute approximate surface area is 124 Å². The van der Waals surface area contributed by atoms with Gasteiger partial charge in [-0.1, -0.05) is 0 Å². The second-order valence-corrected chi connectivity index (χ2v) is 7.33. The van der Waals surface area contributed by atoms with Crippen molar-refractivity contribution in [3.8, 4) is 0 Å². The number of hydrogen-bond acceptors (Lipinski definition) is 4. The molecule has 0 aromatic heterocycles. The fourth-order valence-corrected chi connectivity index (χ4v) is 4.20. The maximum atomic E-state index is 13.8. The molecular formula is C14H20FNO4S. The first kappa shape index (κ1) is 16.4. The van der Waals surface area contributed by atoms with E-state index in [2.05, 4.69) is 4.72 Å². The van der Waals surface area contributed by atoms with Gasteiger partial charge in [0.25, 0.3) is 0 Å². The monoisotopic (exact) mass is 317 g/mol. The summed E-state index contributed by atoms with van der Waals surface area (Å²) in [5.74, 6) is -0.646. The van der Waals surface area contributed by atoms with Crippen LogP contribution in [0.25, 0.3) is 0 Å². The van der Waals surface area contributed by atoms with Crippen LogP contribution in [0.5, 0.6) is 0 Å². The lowest BCUT2D eigenvalue weighted by Crippen LogP contribution is -2.51. The highest BCUT2D eigenvalue weighted by Gasteiger charge is 2.34. The minimum Gasteiger partial charge on any atom is -0.392 e. The first-order valence-electron chi connectivity index (χ1n) is 6.79. The molecule has 7 heteroatoms. The molecule has 21 heavy (non-hydrogen) atoms. The lowest BCUT2D eigenvalue weighted by atomic mass is 9.97. The summed E-state index contributed by atoms with van der Waals surface area (Å²) in [7, 11) is -3.89. The predicted octanol–water partition coefficient (Wildman–Crippen LogP) is 1.47. The molecule has 1 saturated heterocycles. The van der Waals surface area contributed by atoms with E-state index in [0.29, 0.717) is 13.0 Å². The summed E-state index contributed by atoms with van der Waals surface area (Å²) in [6, 6.07) is 2.44. The number of aliphatic hydroxyl groups excluding tert-OH is 1. The van der Waals surface area contributed by atoms with Gasteiger partial charge in [0.05, 0.1) is 23.6 Å². The van der Waals surface area contributed by atoms with Crippen molar-refractivity contribution in [1.29, 1.82) is 0 Å². The number of hydrogen-bond donors (Lipinski definition) is 2. The Balaban J connectivity index is 2.37. The van der Waals surface area contributed by atoms with E-state index >= 15 is 0 Å². The van der Waals surface area contributed by atoms with Gasteiger partial charge >= 0.3 is 0 Å². The lowest BCUT2D eigenvalue weighted by molar-refractivity contribution is 0.0386. The minimum absolute atomic E-state index is 0.0417. The van der Waals surface area contributed by atoms with E-state index in [1.54, 1.807) is 6.92 Å². The van der Waals surface area contributed by atoms with Crippen LogP contribution in [0.2, 0.25) is 0 Å². The molecule has 0 aliphatic carbocycles. The molecule has 118 valence electrons. The summed E-state index contributed by atoms with van der Waals surface area (Å²) in [5.41, 5.74) is -0.432. The standard InChI is InChI=1S/C14H20FNO4S/c1-10-12(15)6-11(8-17)7-13(10)21(18,19)16-14(2)4-3-5-20-9-14/h6-7,16-17H,3-5,8-9H2,1-2H3. The van der Waals surface area contributed by atoms with Crippen LogP contribution in [0.3, 0.4) is 0 Å². The molecule has 1 aromatic rings. The number of aliphatic hydroxyl groups is 1. The van der Waals surface area contributed by atoms with Crippen molar-refractivity contribution >= 4 is 10.0 Å². The van der Waals surface area contributed by atoms with E-state index in [1.165, 1.54) is 13.0 Å². The number of halogens is 1. The zero-order valence-corrected chi connectivity index (χ0v) is 13.0. The summed E-state index contributed by atoms with van der Waals surface area (Å²) >= 11 is 0. The highest BCUT2D eigenvalue weighted by Crippen LogP contribution is 2.25. The smallest absolute Gasteiger partial charge is 0.241 e. The van der Waals surface area contributed by atoms with E-state index in [0.717, 1.165) is 12.5 Å². The molecule has 2 rings (SSSR count). The zero-order chi connectivity index (χ0) is 15.7. The Kier molecular flexibility index (Phi) is 4.67. The maximum absolute atomic E-state index is 13.8. The van der Waals surface area contributed by atoms with Crippen LogP contribution in [0.4, 0.5) is 4.39 Å². The fraction of sp³-hybridized carbons (Fsp3) is 0.571. The van der Waals surface area contributed by atoms with Gasteiger partial charge in [0, 0.05) is 12.2 Å². The summed E-state index contributed by atoms with van der Waals surface area (Å²) in [6.07, 6.45) is 1.43. The number of ether oxygens (including phenoxy) is 1. The Morgan fingerprint density at radius 1 is 1.48 bits per heavy atom. The van der Waals surface area contributed by atoms with Crippen LogP contribution in [0.15, 0.2) is 17.0 Å². The van der Waals surface area contributed by atoms with Crippen molar-refractivity contribution in [3.05, 3.63) is 29.1 Å². The highest BCUT2D eigenvalue weighted by atomic mass is 32.2. The van der Waals surface area contributed by atoms with Gasteiger partial charge in [0.2, 0.25) is 10.0 Å². The van der Waals surface area contributed by atoms with Gasteiger partial charge in [-0.05, 0) is 44.4 Å². The molecule has 0 amide bonds. The largest absolute Gasteiger partial charge is 0.392 e. The SMILES string of the molecule is Cc1c(F)cc(CO)cc1S(=O)(=O)NC1(C)CCCOC1. The topological polar surface area (TPSA) is 75.6 Å². The molecule has 1 aliphatic rings. The molecule has 1 heterocycles. The normalized spacial score (nSPS) is 23.2. The second-order valence-electron chi connectivity index (χ2n) is 5.68. The third-order valence-electron chi connectivity index (χ3n) is 3.65. The fourth-order valence-electron chi connectivity index (χ4n) is 2.47. The third kappa shape index (κ3) is 3.60. The van der Waals surface area contributed by atoms with Gasteiger partial charge in [0.1, 0.15) is 5.82 Å². The molecule has 5 nitrogen and oxygen atoms in total. The van der Waals surface area contributed by atoms with Gasteiger partial charge in [-0.15, -0.1) is 0 Å². The molecule has 0 saturated carbocycles. The summed E-state index contributed by atoms with van der Waals surface area (Å²) in [5, 5.41) is 9.11. The molecule has 1 aromatic carbocycles. The van der Waals surface area contributed by atoms with Crippen molar-refractivity contribution in [1.82, 2.24) is 4.72 Å². The summed E-state index contributed by atoms with van der Waals surface area (Å²) in [4.78, 5) is -0.140. The quantitative estimate of drug-likeness (QED) is 0.882. The van der Waals surface area contributed by atoms with E-state index in [4.69, 9.17) is 9.84 Å². The second kappa shape index (κ2) is 6.00. The van der Waals surface area contributed by atoms with Crippen molar-refractivity contribution in [2.24, 2.45) is 0 Å². The van der Waals surface area contributed by atoms with E-state index in [-0.39, 0.29) is 22.6 Å². The molecule has 0 bridgehead atoms. The first-order valence-corrected chi connectivity index (χ1v) is 8.27. The number of benzene rings is 1. The Bertz CT molecular complexity index is 624. The molecule has 1 unspecified atom stereocenters. The Morgan fingerprint density at radius 3 is 2.76 bits per heavy atom. The number of nitrogens with one attached hydrogen (secondary N) is 1. The van der Waals surface area contributed by atoms with Crippen molar-refractivity contribution in [2.75, 3.05) is 13.2 Å². The van der Waals surface area contributed by atoms with E-state index in [1.807, 2.05) is 0 Å². The van der Waals surface area contributed by atoms with Gasteiger partial charge in [-0.2, -0.15) is 0 Å². The Hall–Kier alpha value is -1.02. The van der Waals surface area contributed by atoms with Crippen LogP contribution in [0, 0.1) is 12.7 Å². The average Bonchev–Trinajstić information content (AvgIpc) is 2.41. The van der Waals surface area contributed by atoms with Gasteiger partial charge in [0.15, 0.2) is 0 Å². The molecule has 0 spiro atoms. The molecular weight excluding hydrogens is 297 g/mol. The molecule has 0 radical (unpaired) electrons. The van der Waals surface area contributed by atoms with E-state index in [9.17, 15) is 12.8 Å². The first-order chi connectivity index (χ1) is 9.77. The number of sulfonamides is 1. The zero-order valence-electron chi connectivity index (χ0n) is 12.1. The van der Waals surface area contributed by atoms with Gasteiger partial charge in [-0.3, -0.25) is 0 Å². The van der Waals surface area contributed by atoms with Crippen molar-refractivity contribution in [2.45, 2.75) is 43.7 Å². The molecule has 2 N–H and O–H groups in total. The maximum Gasteiger partial charge on any atom is 0.241 e. The minimum atomic E-state index is -3.89. The molecule has 1 atom stereocenters. The highest BCUT2D eigenvalue weighted by molar-refractivity contribution is 7.89. The van der Waals surface area contributed by atoms with E-state index < -0.39 is 28.0 Å². The van der Waals surface area contributed by atoms with Crippen LogP contribution < -0.4 is 4.72 Å². The summed E-state index contributed by atoms with van der Waals surface area (Å²) < 4.78 is 46.8. The molecule has 1 fully saturated rings. The lowest BCUT2D eigenvalue weighted by Gasteiger charge is -2.34. The van der Waals surface area contributed by atoms with Crippen molar-refractivity contribution < 1.29 is 22.7 Å². The van der Waals surface area contributed by atoms with Crippen LogP contribution in [-0.2, 0) is 21.4 Å². The third-order valence-corrected chi connectivity index (χ3v) is 5.41. The Morgan fingerprint density at radius 2 is 2.19 bits per heavy atom. The predicted molar refractivity (Wildman–Crippen MR) is 75.8 cm³/mol. The van der Waals surface area contributed by atoms with Gasteiger partial charge < -0.3 is 9.84 Å². The average molecular weight is 317 g/mol. The van der Waals surface area contributed by atoms with Crippen LogP contribution in [-0.4, -0.2) is 32.3 Å². The number of rotatable bonds is 4. The molecule has 1 aliphatic heterocycles. The van der Waals surface area contributed by atoms with Gasteiger partial charge in [-0.25, -0.2) is 17.5 Å². The van der Waals surface area contributed by atoms with Crippen molar-refractivity contribution in [3.63, 3.8) is 0 Å².